The number of piperazine rings is 1. The molecule has 1 aromatic heterocycles. The van der Waals surface area contributed by atoms with E-state index >= 15 is 0 Å². The number of anilines is 1. The quantitative estimate of drug-likeness (QED) is 0.437. The van der Waals surface area contributed by atoms with Gasteiger partial charge in [0.15, 0.2) is 5.82 Å². The number of hydrogen-bond donors (Lipinski definition) is 0. The van der Waals surface area contributed by atoms with Gasteiger partial charge in [-0.15, -0.1) is 0 Å². The summed E-state index contributed by atoms with van der Waals surface area (Å²) >= 11 is 0. The highest BCUT2D eigenvalue weighted by atomic mass is 19.4. The van der Waals surface area contributed by atoms with Gasteiger partial charge in [-0.1, -0.05) is 17.3 Å². The third-order valence-corrected chi connectivity index (χ3v) is 7.66. The fraction of sp³-hybridized carbons (Fsp3) is 0.370. The van der Waals surface area contributed by atoms with Crippen molar-refractivity contribution in [2.75, 3.05) is 11.4 Å². The maximum atomic E-state index is 14.9. The zero-order valence-corrected chi connectivity index (χ0v) is 20.4. The van der Waals surface area contributed by atoms with Crippen molar-refractivity contribution in [3.8, 4) is 6.07 Å². The van der Waals surface area contributed by atoms with Crippen molar-refractivity contribution in [3.63, 3.8) is 0 Å². The molecule has 8 nitrogen and oxygen atoms in total. The summed E-state index contributed by atoms with van der Waals surface area (Å²) in [7, 11) is 0. The summed E-state index contributed by atoms with van der Waals surface area (Å²) < 4.78 is 59.5. The van der Waals surface area contributed by atoms with E-state index in [9.17, 15) is 27.2 Å². The second-order valence-corrected chi connectivity index (χ2v) is 10.2. The van der Waals surface area contributed by atoms with Crippen LogP contribution in [0.25, 0.3) is 0 Å². The van der Waals surface area contributed by atoms with Crippen molar-refractivity contribution in [3.05, 3.63) is 76.7 Å². The number of amides is 2. The second-order valence-electron chi connectivity index (χ2n) is 10.2. The zero-order chi connectivity index (χ0) is 27.5. The molecule has 39 heavy (non-hydrogen) atoms. The molecule has 2 aromatic carbocycles. The largest absolute Gasteiger partial charge is 0.416 e. The molecule has 0 N–H and O–H groups in total. The van der Waals surface area contributed by atoms with Crippen LogP contribution in [0.2, 0.25) is 0 Å². The molecule has 1 spiro atoms. The van der Waals surface area contributed by atoms with Gasteiger partial charge in [-0.2, -0.15) is 23.4 Å². The van der Waals surface area contributed by atoms with Crippen LogP contribution in [0.5, 0.6) is 0 Å². The molecule has 0 bridgehead atoms. The molecule has 0 radical (unpaired) electrons. The first-order valence-corrected chi connectivity index (χ1v) is 12.4. The first-order valence-electron chi connectivity index (χ1n) is 12.4. The Kier molecular flexibility index (Phi) is 5.71. The van der Waals surface area contributed by atoms with Crippen LogP contribution in [-0.2, 0) is 22.3 Å². The lowest BCUT2D eigenvalue weighted by Crippen LogP contribution is -2.72. The van der Waals surface area contributed by atoms with Crippen LogP contribution >= 0.6 is 0 Å². The average Bonchev–Trinajstić information content (AvgIpc) is 3.62. The highest BCUT2D eigenvalue weighted by Crippen LogP contribution is 2.52. The van der Waals surface area contributed by atoms with Crippen LogP contribution < -0.4 is 4.90 Å². The molecule has 6 rings (SSSR count). The standard InChI is InChI=1S/C27H21F4N5O3/c28-20-9-16(12-32)3-8-21(20)35-14-22(37)36(13-15-1-6-19(7-2-15)27(29,30)31)26(25(35)38)10-18(11-26)24-33-23(34-39-24)17-4-5-17/h1-3,6-9,17-18H,4-5,10-11,13-14H2/t18-,26+. The normalized spacial score (nSPS) is 23.2. The van der Waals surface area contributed by atoms with E-state index in [0.717, 1.165) is 35.9 Å². The van der Waals surface area contributed by atoms with Gasteiger partial charge in [-0.25, -0.2) is 4.39 Å². The Hall–Kier alpha value is -4.27. The number of hydrogen-bond acceptors (Lipinski definition) is 6. The molecule has 200 valence electrons. The van der Waals surface area contributed by atoms with Crippen molar-refractivity contribution in [1.29, 1.82) is 5.26 Å². The predicted molar refractivity (Wildman–Crippen MR) is 126 cm³/mol. The molecule has 3 fully saturated rings. The van der Waals surface area contributed by atoms with Crippen molar-refractivity contribution < 1.29 is 31.7 Å². The van der Waals surface area contributed by atoms with E-state index in [2.05, 4.69) is 10.1 Å². The first kappa shape index (κ1) is 25.0. The summed E-state index contributed by atoms with van der Waals surface area (Å²) in [6.45, 7) is -0.558. The van der Waals surface area contributed by atoms with E-state index in [0.29, 0.717) is 17.3 Å². The number of aromatic nitrogens is 2. The first-order chi connectivity index (χ1) is 18.6. The van der Waals surface area contributed by atoms with Gasteiger partial charge >= 0.3 is 6.18 Å². The van der Waals surface area contributed by atoms with Crippen LogP contribution in [-0.4, -0.2) is 38.9 Å². The van der Waals surface area contributed by atoms with Gasteiger partial charge in [0.2, 0.25) is 11.8 Å². The fourth-order valence-electron chi connectivity index (χ4n) is 5.35. The van der Waals surface area contributed by atoms with Crippen molar-refractivity contribution in [1.82, 2.24) is 15.0 Å². The predicted octanol–water partition coefficient (Wildman–Crippen LogP) is 4.67. The number of carbonyl (C=O) groups is 2. The summed E-state index contributed by atoms with van der Waals surface area (Å²) in [6.07, 6.45) is -2.27. The summed E-state index contributed by atoms with van der Waals surface area (Å²) in [5.41, 5.74) is -1.85. The minimum Gasteiger partial charge on any atom is -0.339 e. The minimum atomic E-state index is -4.51. The van der Waals surface area contributed by atoms with E-state index in [4.69, 9.17) is 9.78 Å². The van der Waals surface area contributed by atoms with Crippen LogP contribution in [0.3, 0.4) is 0 Å². The monoisotopic (exact) mass is 539 g/mol. The minimum absolute atomic E-state index is 0.0669. The van der Waals surface area contributed by atoms with Gasteiger partial charge in [0, 0.05) is 18.4 Å². The van der Waals surface area contributed by atoms with Crippen LogP contribution in [0, 0.1) is 17.1 Å². The Labute approximate surface area is 219 Å². The Bertz CT molecular complexity index is 1500. The Morgan fingerprint density at radius 3 is 2.41 bits per heavy atom. The van der Waals surface area contributed by atoms with E-state index in [1.54, 1.807) is 0 Å². The number of alkyl halides is 3. The average molecular weight is 539 g/mol. The molecular weight excluding hydrogens is 518 g/mol. The number of halogens is 4. The van der Waals surface area contributed by atoms with Crippen molar-refractivity contribution in [2.45, 2.75) is 55.8 Å². The maximum Gasteiger partial charge on any atom is 0.416 e. The number of nitriles is 1. The Balaban J connectivity index is 1.32. The zero-order valence-electron chi connectivity index (χ0n) is 20.4. The second kappa shape index (κ2) is 8.90. The van der Waals surface area contributed by atoms with E-state index in [-0.39, 0.29) is 42.5 Å². The van der Waals surface area contributed by atoms with Gasteiger partial charge in [-0.3, -0.25) is 14.5 Å². The molecule has 3 aliphatic rings. The summed E-state index contributed by atoms with van der Waals surface area (Å²) in [6, 6.07) is 9.88. The third kappa shape index (κ3) is 4.31. The molecule has 1 saturated heterocycles. The molecular formula is C27H21F4N5O3. The molecule has 1 aliphatic heterocycles. The van der Waals surface area contributed by atoms with Crippen LogP contribution in [0.4, 0.5) is 23.2 Å². The molecule has 3 aromatic rings. The molecule has 2 amide bonds. The van der Waals surface area contributed by atoms with Gasteiger partial charge in [0.1, 0.15) is 17.9 Å². The molecule has 0 atom stereocenters. The van der Waals surface area contributed by atoms with Gasteiger partial charge in [0.05, 0.1) is 22.9 Å². The maximum absolute atomic E-state index is 14.9. The SMILES string of the molecule is N#Cc1ccc(N2CC(=O)N(Cc3ccc(C(F)(F)F)cc3)[C@]3(C[C@@H](c4nc(C5CC5)no4)C3)C2=O)c(F)c1. The fourth-order valence-corrected chi connectivity index (χ4v) is 5.35. The van der Waals surface area contributed by atoms with Crippen molar-refractivity contribution >= 4 is 17.5 Å². The van der Waals surface area contributed by atoms with Gasteiger partial charge in [-0.05, 0) is 61.6 Å². The lowest BCUT2D eigenvalue weighted by atomic mass is 9.65. The molecule has 2 saturated carbocycles. The summed E-state index contributed by atoms with van der Waals surface area (Å²) in [4.78, 5) is 34.3. The summed E-state index contributed by atoms with van der Waals surface area (Å²) in [5.74, 6) is -0.901. The number of nitrogens with zero attached hydrogens (tertiary/aromatic N) is 5. The van der Waals surface area contributed by atoms with Crippen LogP contribution in [0.15, 0.2) is 47.0 Å². The lowest BCUT2D eigenvalue weighted by molar-refractivity contribution is -0.160. The number of rotatable bonds is 5. The third-order valence-electron chi connectivity index (χ3n) is 7.66. The molecule has 2 aliphatic carbocycles. The highest BCUT2D eigenvalue weighted by molar-refractivity contribution is 6.10. The lowest BCUT2D eigenvalue weighted by Gasteiger charge is -2.56. The van der Waals surface area contributed by atoms with Crippen LogP contribution in [0.1, 0.15) is 65.9 Å². The van der Waals surface area contributed by atoms with E-state index in [1.165, 1.54) is 29.2 Å². The number of carbonyl (C=O) groups excluding carboxylic acids is 2. The Morgan fingerprint density at radius 1 is 1.08 bits per heavy atom. The Morgan fingerprint density at radius 2 is 1.79 bits per heavy atom. The molecule has 12 heteroatoms. The van der Waals surface area contributed by atoms with E-state index in [1.807, 2.05) is 6.07 Å². The topological polar surface area (TPSA) is 103 Å². The molecule has 0 unspecified atom stereocenters. The van der Waals surface area contributed by atoms with Gasteiger partial charge < -0.3 is 9.42 Å². The van der Waals surface area contributed by atoms with Gasteiger partial charge in [0.25, 0.3) is 5.91 Å². The van der Waals surface area contributed by atoms with Crippen molar-refractivity contribution in [2.24, 2.45) is 0 Å². The number of benzene rings is 2. The highest BCUT2D eigenvalue weighted by Gasteiger charge is 2.61. The summed E-state index contributed by atoms with van der Waals surface area (Å²) in [5, 5.41) is 13.1. The van der Waals surface area contributed by atoms with E-state index < -0.39 is 41.5 Å². The molecule has 2 heterocycles. The smallest absolute Gasteiger partial charge is 0.339 e.